The van der Waals surface area contributed by atoms with Gasteiger partial charge in [0.2, 0.25) is 11.7 Å². The van der Waals surface area contributed by atoms with Crippen LogP contribution in [0.1, 0.15) is 13.8 Å². The maximum absolute atomic E-state index is 13.0. The van der Waals surface area contributed by atoms with Crippen LogP contribution in [0.4, 0.5) is 5.69 Å². The third-order valence-corrected chi connectivity index (χ3v) is 5.66. The summed E-state index contributed by atoms with van der Waals surface area (Å²) in [7, 11) is 1.59. The fourth-order valence-electron chi connectivity index (χ4n) is 3.36. The van der Waals surface area contributed by atoms with Crippen molar-refractivity contribution in [3.05, 3.63) is 58.9 Å². The van der Waals surface area contributed by atoms with Gasteiger partial charge in [0.1, 0.15) is 5.75 Å². The molecule has 0 spiro atoms. The average Bonchev–Trinajstić information content (AvgIpc) is 3.19. The molecule has 0 atom stereocenters. The smallest absolute Gasteiger partial charge is 0.262 e. The van der Waals surface area contributed by atoms with Crippen LogP contribution in [0.3, 0.4) is 0 Å². The van der Waals surface area contributed by atoms with Crippen LogP contribution in [0.25, 0.3) is 16.7 Å². The number of anilines is 1. The minimum absolute atomic E-state index is 0.0852. The molecule has 0 saturated heterocycles. The van der Waals surface area contributed by atoms with Crippen molar-refractivity contribution in [1.82, 2.24) is 19.2 Å². The number of benzene rings is 2. The monoisotopic (exact) mass is 437 g/mol. The van der Waals surface area contributed by atoms with Crippen LogP contribution in [0.2, 0.25) is 0 Å². The summed E-state index contributed by atoms with van der Waals surface area (Å²) in [6, 6.07) is 14.5. The zero-order valence-electron chi connectivity index (χ0n) is 17.5. The van der Waals surface area contributed by atoms with E-state index in [1.807, 2.05) is 36.4 Å². The Morgan fingerprint density at radius 3 is 2.58 bits per heavy atom. The lowest BCUT2D eigenvalue weighted by atomic mass is 10.2. The second-order valence-electron chi connectivity index (χ2n) is 7.51. The molecule has 1 amide bonds. The molecule has 4 aromatic rings. The van der Waals surface area contributed by atoms with E-state index in [2.05, 4.69) is 15.5 Å². The molecule has 0 aliphatic carbocycles. The first-order valence-electron chi connectivity index (χ1n) is 9.91. The number of rotatable bonds is 7. The highest BCUT2D eigenvalue weighted by molar-refractivity contribution is 7.99. The van der Waals surface area contributed by atoms with Gasteiger partial charge in [-0.05, 0) is 42.3 Å². The molecular formula is C22H23N5O3S. The molecule has 0 unspecified atom stereocenters. The number of ether oxygens (including phenoxy) is 1. The maximum atomic E-state index is 13.0. The van der Waals surface area contributed by atoms with E-state index in [0.29, 0.717) is 28.6 Å². The Hall–Kier alpha value is -3.33. The van der Waals surface area contributed by atoms with Gasteiger partial charge in [-0.3, -0.25) is 18.6 Å². The number of aromatic nitrogens is 4. The zero-order valence-corrected chi connectivity index (χ0v) is 18.3. The van der Waals surface area contributed by atoms with Crippen LogP contribution in [0.15, 0.2) is 58.5 Å². The first-order chi connectivity index (χ1) is 15.0. The molecule has 0 bridgehead atoms. The number of carbonyl (C=O) groups is 1. The number of hydrogen-bond acceptors (Lipinski definition) is 6. The number of methoxy groups -OCH3 is 1. The zero-order chi connectivity index (χ0) is 22.0. The van der Waals surface area contributed by atoms with Gasteiger partial charge in [-0.1, -0.05) is 37.7 Å². The predicted octanol–water partition coefficient (Wildman–Crippen LogP) is 3.44. The number of carbonyl (C=O) groups excluding carboxylic acids is 1. The van der Waals surface area contributed by atoms with Crippen molar-refractivity contribution in [3.8, 4) is 5.75 Å². The van der Waals surface area contributed by atoms with Crippen molar-refractivity contribution in [2.24, 2.45) is 5.92 Å². The van der Waals surface area contributed by atoms with Gasteiger partial charge in [0.15, 0.2) is 5.16 Å². The number of fused-ring (bicyclic) bond motifs is 3. The van der Waals surface area contributed by atoms with Crippen LogP contribution < -0.4 is 15.6 Å². The van der Waals surface area contributed by atoms with E-state index in [-0.39, 0.29) is 23.1 Å². The van der Waals surface area contributed by atoms with Gasteiger partial charge < -0.3 is 10.1 Å². The molecule has 0 aliphatic rings. The topological polar surface area (TPSA) is 90.5 Å². The number of amides is 1. The van der Waals surface area contributed by atoms with E-state index >= 15 is 0 Å². The van der Waals surface area contributed by atoms with Gasteiger partial charge in [-0.2, -0.15) is 0 Å². The van der Waals surface area contributed by atoms with Crippen LogP contribution >= 0.6 is 11.8 Å². The Morgan fingerprint density at radius 1 is 1.13 bits per heavy atom. The van der Waals surface area contributed by atoms with Crippen LogP contribution in [-0.2, 0) is 11.3 Å². The SMILES string of the molecule is COc1ccc(NC(=O)CSc2nnc3n(CC(C)C)c(=O)c4ccccc4n23)cc1. The number of thioether (sulfide) groups is 1. The molecule has 0 aliphatic heterocycles. The Kier molecular flexibility index (Phi) is 5.94. The fraction of sp³-hybridized carbons (Fsp3) is 0.273. The number of hydrogen-bond donors (Lipinski definition) is 1. The Bertz CT molecular complexity index is 1290. The molecule has 9 heteroatoms. The minimum Gasteiger partial charge on any atom is -0.497 e. The van der Waals surface area contributed by atoms with Crippen LogP contribution in [0.5, 0.6) is 5.75 Å². The maximum Gasteiger partial charge on any atom is 0.262 e. The summed E-state index contributed by atoms with van der Waals surface area (Å²) in [6.07, 6.45) is 0. The van der Waals surface area contributed by atoms with Gasteiger partial charge in [-0.15, -0.1) is 10.2 Å². The minimum atomic E-state index is -0.160. The summed E-state index contributed by atoms with van der Waals surface area (Å²) < 4.78 is 8.64. The Balaban J connectivity index is 1.63. The van der Waals surface area contributed by atoms with Crippen molar-refractivity contribution in [2.75, 3.05) is 18.2 Å². The fourth-order valence-corrected chi connectivity index (χ4v) is 4.10. The van der Waals surface area contributed by atoms with Crippen molar-refractivity contribution < 1.29 is 9.53 Å². The molecule has 2 aromatic carbocycles. The van der Waals surface area contributed by atoms with Gasteiger partial charge >= 0.3 is 0 Å². The summed E-state index contributed by atoms with van der Waals surface area (Å²) in [5, 5.41) is 12.6. The van der Waals surface area contributed by atoms with Gasteiger partial charge in [0, 0.05) is 12.2 Å². The summed E-state index contributed by atoms with van der Waals surface area (Å²) in [6.45, 7) is 4.63. The molecular weight excluding hydrogens is 414 g/mol. The molecule has 2 aromatic heterocycles. The van der Waals surface area contributed by atoms with E-state index < -0.39 is 0 Å². The molecule has 2 heterocycles. The van der Waals surface area contributed by atoms with Crippen molar-refractivity contribution in [2.45, 2.75) is 25.5 Å². The largest absolute Gasteiger partial charge is 0.497 e. The van der Waals surface area contributed by atoms with Gasteiger partial charge in [-0.25, -0.2) is 0 Å². The lowest BCUT2D eigenvalue weighted by molar-refractivity contribution is -0.113. The number of nitrogens with one attached hydrogen (secondary N) is 1. The Morgan fingerprint density at radius 2 is 1.87 bits per heavy atom. The molecule has 1 N–H and O–H groups in total. The van der Waals surface area contributed by atoms with Gasteiger partial charge in [0.25, 0.3) is 5.56 Å². The first-order valence-corrected chi connectivity index (χ1v) is 10.9. The molecule has 0 saturated carbocycles. The predicted molar refractivity (Wildman–Crippen MR) is 122 cm³/mol. The summed E-state index contributed by atoms with van der Waals surface area (Å²) in [5.41, 5.74) is 1.33. The van der Waals surface area contributed by atoms with E-state index in [4.69, 9.17) is 4.74 Å². The van der Waals surface area contributed by atoms with Crippen molar-refractivity contribution >= 4 is 40.0 Å². The quantitative estimate of drug-likeness (QED) is 0.446. The first kappa shape index (κ1) is 20.9. The van der Waals surface area contributed by atoms with E-state index in [0.717, 1.165) is 11.3 Å². The third-order valence-electron chi connectivity index (χ3n) is 4.73. The lowest BCUT2D eigenvalue weighted by Crippen LogP contribution is -2.25. The lowest BCUT2D eigenvalue weighted by Gasteiger charge is -2.12. The molecule has 160 valence electrons. The highest BCUT2D eigenvalue weighted by atomic mass is 32.2. The standard InChI is InChI=1S/C22H23N5O3S/c1-14(2)12-26-20(29)17-6-4-5-7-18(17)27-21(26)24-25-22(27)31-13-19(28)23-15-8-10-16(30-3)11-9-15/h4-11,14H,12-13H2,1-3H3,(H,23,28). The van der Waals surface area contributed by atoms with E-state index in [9.17, 15) is 9.59 Å². The highest BCUT2D eigenvalue weighted by Crippen LogP contribution is 2.22. The number of para-hydroxylation sites is 1. The third kappa shape index (κ3) is 4.27. The molecule has 0 radical (unpaired) electrons. The van der Waals surface area contributed by atoms with Crippen LogP contribution in [0, 0.1) is 5.92 Å². The van der Waals surface area contributed by atoms with Crippen molar-refractivity contribution in [3.63, 3.8) is 0 Å². The summed E-state index contributed by atoms with van der Waals surface area (Å²) in [4.78, 5) is 25.5. The average molecular weight is 438 g/mol. The molecule has 8 nitrogen and oxygen atoms in total. The van der Waals surface area contributed by atoms with E-state index in [1.165, 1.54) is 11.8 Å². The van der Waals surface area contributed by atoms with Crippen molar-refractivity contribution in [1.29, 1.82) is 0 Å². The van der Waals surface area contributed by atoms with Crippen LogP contribution in [-0.4, -0.2) is 37.9 Å². The second kappa shape index (κ2) is 8.81. The second-order valence-corrected chi connectivity index (χ2v) is 8.45. The Labute approximate surface area is 183 Å². The molecule has 0 fully saturated rings. The normalized spacial score (nSPS) is 11.4. The number of nitrogens with zero attached hydrogens (tertiary/aromatic N) is 4. The summed E-state index contributed by atoms with van der Waals surface area (Å²) in [5.74, 6) is 1.47. The summed E-state index contributed by atoms with van der Waals surface area (Å²) >= 11 is 1.28. The van der Waals surface area contributed by atoms with E-state index in [1.54, 1.807) is 42.0 Å². The van der Waals surface area contributed by atoms with Gasteiger partial charge in [0.05, 0.1) is 23.8 Å². The highest BCUT2D eigenvalue weighted by Gasteiger charge is 2.18. The molecule has 31 heavy (non-hydrogen) atoms. The molecule has 4 rings (SSSR count).